The van der Waals surface area contributed by atoms with E-state index in [0.717, 1.165) is 25.0 Å². The quantitative estimate of drug-likeness (QED) is 0.639. The zero-order valence-corrected chi connectivity index (χ0v) is 12.2. The van der Waals surface area contributed by atoms with Gasteiger partial charge in [0, 0.05) is 6.07 Å². The summed E-state index contributed by atoms with van der Waals surface area (Å²) < 4.78 is 48.6. The Morgan fingerprint density at radius 1 is 0.909 bits per heavy atom. The number of unbranched alkanes of at least 4 members (excludes halogenated alkanes) is 1. The third-order valence-corrected chi connectivity index (χ3v) is 2.99. The van der Waals surface area contributed by atoms with Gasteiger partial charge in [0.1, 0.15) is 17.2 Å². The summed E-state index contributed by atoms with van der Waals surface area (Å²) in [6.07, 6.45) is -2.34. The van der Waals surface area contributed by atoms with Gasteiger partial charge < -0.3 is 9.47 Å². The molecule has 0 unspecified atom stereocenters. The molecule has 0 heterocycles. The molecule has 22 heavy (non-hydrogen) atoms. The summed E-state index contributed by atoms with van der Waals surface area (Å²) >= 11 is 0. The Balaban J connectivity index is 2.02. The van der Waals surface area contributed by atoms with Gasteiger partial charge in [-0.2, -0.15) is 13.2 Å². The van der Waals surface area contributed by atoms with Gasteiger partial charge in [-0.05, 0) is 42.8 Å². The second-order valence-electron chi connectivity index (χ2n) is 4.80. The van der Waals surface area contributed by atoms with Crippen molar-refractivity contribution in [3.8, 4) is 17.2 Å². The molecule has 0 aromatic heterocycles. The first-order valence-corrected chi connectivity index (χ1v) is 7.07. The molecule has 0 N–H and O–H groups in total. The largest absolute Gasteiger partial charge is 0.493 e. The van der Waals surface area contributed by atoms with Gasteiger partial charge in [0.15, 0.2) is 0 Å². The number of ether oxygens (including phenoxy) is 2. The monoisotopic (exact) mass is 310 g/mol. The summed E-state index contributed by atoms with van der Waals surface area (Å²) in [5, 5.41) is 0. The van der Waals surface area contributed by atoms with Crippen molar-refractivity contribution in [2.24, 2.45) is 0 Å². The van der Waals surface area contributed by atoms with Crippen molar-refractivity contribution in [3.05, 3.63) is 54.1 Å². The Bertz CT molecular complexity index is 592. The molecule has 0 aliphatic carbocycles. The van der Waals surface area contributed by atoms with Crippen LogP contribution in [-0.4, -0.2) is 6.61 Å². The minimum absolute atomic E-state index is 0.346. The molecule has 0 atom stereocenters. The zero-order valence-electron chi connectivity index (χ0n) is 12.2. The summed E-state index contributed by atoms with van der Waals surface area (Å²) in [5.41, 5.74) is -0.698. The molecule has 0 saturated heterocycles. The van der Waals surface area contributed by atoms with Crippen molar-refractivity contribution in [1.29, 1.82) is 0 Å². The van der Waals surface area contributed by atoms with Crippen LogP contribution in [0.25, 0.3) is 0 Å². The molecule has 0 spiro atoms. The van der Waals surface area contributed by atoms with E-state index in [9.17, 15) is 13.2 Å². The molecule has 0 radical (unpaired) electrons. The number of hydrogen-bond donors (Lipinski definition) is 0. The summed E-state index contributed by atoms with van der Waals surface area (Å²) in [5.74, 6) is 1.55. The highest BCUT2D eigenvalue weighted by Gasteiger charge is 2.30. The fourth-order valence-corrected chi connectivity index (χ4v) is 1.81. The van der Waals surface area contributed by atoms with Gasteiger partial charge in [-0.15, -0.1) is 0 Å². The maximum atomic E-state index is 12.5. The van der Waals surface area contributed by atoms with Crippen LogP contribution < -0.4 is 9.47 Å². The van der Waals surface area contributed by atoms with Gasteiger partial charge in [-0.1, -0.05) is 19.4 Å². The third kappa shape index (κ3) is 4.69. The van der Waals surface area contributed by atoms with Crippen molar-refractivity contribution in [3.63, 3.8) is 0 Å². The molecular formula is C17H17F3O2. The smallest absolute Gasteiger partial charge is 0.416 e. The fraction of sp³-hybridized carbons (Fsp3) is 0.294. The highest BCUT2D eigenvalue weighted by atomic mass is 19.4. The van der Waals surface area contributed by atoms with Crippen molar-refractivity contribution < 1.29 is 22.6 Å². The fourth-order valence-electron chi connectivity index (χ4n) is 1.81. The molecule has 0 bridgehead atoms. The van der Waals surface area contributed by atoms with Gasteiger partial charge in [0.05, 0.1) is 12.2 Å². The predicted octanol–water partition coefficient (Wildman–Crippen LogP) is 5.68. The molecule has 0 fully saturated rings. The number of hydrogen-bond acceptors (Lipinski definition) is 2. The van der Waals surface area contributed by atoms with E-state index < -0.39 is 11.7 Å². The van der Waals surface area contributed by atoms with E-state index in [2.05, 4.69) is 6.92 Å². The van der Waals surface area contributed by atoms with Crippen LogP contribution in [-0.2, 0) is 6.18 Å². The van der Waals surface area contributed by atoms with Crippen LogP contribution in [0.1, 0.15) is 25.3 Å². The van der Waals surface area contributed by atoms with E-state index in [1.807, 2.05) is 6.07 Å². The Morgan fingerprint density at radius 3 is 2.23 bits per heavy atom. The van der Waals surface area contributed by atoms with E-state index in [4.69, 9.17) is 9.47 Å². The standard InChI is InChI=1S/C17H17F3O2/c1-2-3-11-21-15-5-4-6-16(12-15)22-14-9-7-13(8-10-14)17(18,19)20/h4-10,12H,2-3,11H2,1H3. The lowest BCUT2D eigenvalue weighted by Crippen LogP contribution is -2.04. The highest BCUT2D eigenvalue weighted by Crippen LogP contribution is 2.31. The Hall–Kier alpha value is -2.17. The van der Waals surface area contributed by atoms with Crippen LogP contribution in [0, 0.1) is 0 Å². The number of halogens is 3. The van der Waals surface area contributed by atoms with Crippen molar-refractivity contribution in [1.82, 2.24) is 0 Å². The van der Waals surface area contributed by atoms with Crippen LogP contribution in [0.15, 0.2) is 48.5 Å². The molecule has 0 aliphatic rings. The molecule has 2 aromatic carbocycles. The van der Waals surface area contributed by atoms with Gasteiger partial charge in [0.25, 0.3) is 0 Å². The predicted molar refractivity (Wildman–Crippen MR) is 78.4 cm³/mol. The minimum Gasteiger partial charge on any atom is -0.493 e. The van der Waals surface area contributed by atoms with Crippen LogP contribution in [0.3, 0.4) is 0 Å². The first-order chi connectivity index (χ1) is 10.5. The Kier molecular flexibility index (Phi) is 5.31. The summed E-state index contributed by atoms with van der Waals surface area (Å²) in [6.45, 7) is 2.70. The van der Waals surface area contributed by atoms with E-state index in [1.165, 1.54) is 12.1 Å². The average molecular weight is 310 g/mol. The normalized spacial score (nSPS) is 11.3. The van der Waals surface area contributed by atoms with E-state index >= 15 is 0 Å². The van der Waals surface area contributed by atoms with Gasteiger partial charge >= 0.3 is 6.18 Å². The third-order valence-electron chi connectivity index (χ3n) is 2.99. The number of rotatable bonds is 6. The molecule has 2 rings (SSSR count). The molecule has 0 aliphatic heterocycles. The summed E-state index contributed by atoms with van der Waals surface area (Å²) in [7, 11) is 0. The van der Waals surface area contributed by atoms with Gasteiger partial charge in [-0.3, -0.25) is 0 Å². The highest BCUT2D eigenvalue weighted by molar-refractivity contribution is 5.37. The number of benzene rings is 2. The molecule has 0 saturated carbocycles. The van der Waals surface area contributed by atoms with Crippen molar-refractivity contribution in [2.75, 3.05) is 6.61 Å². The maximum absolute atomic E-state index is 12.5. The lowest BCUT2D eigenvalue weighted by molar-refractivity contribution is -0.137. The molecule has 0 amide bonds. The molecule has 2 nitrogen and oxygen atoms in total. The SMILES string of the molecule is CCCCOc1cccc(Oc2ccc(C(F)(F)F)cc2)c1. The molecule has 5 heteroatoms. The second-order valence-corrected chi connectivity index (χ2v) is 4.80. The van der Waals surface area contributed by atoms with Crippen LogP contribution in [0.5, 0.6) is 17.2 Å². The van der Waals surface area contributed by atoms with Crippen LogP contribution >= 0.6 is 0 Å². The molecular weight excluding hydrogens is 293 g/mol. The maximum Gasteiger partial charge on any atom is 0.416 e. The average Bonchev–Trinajstić information content (AvgIpc) is 2.48. The lowest BCUT2D eigenvalue weighted by atomic mass is 10.2. The number of alkyl halides is 3. The van der Waals surface area contributed by atoms with E-state index in [0.29, 0.717) is 23.9 Å². The van der Waals surface area contributed by atoms with E-state index in [1.54, 1.807) is 18.2 Å². The van der Waals surface area contributed by atoms with E-state index in [-0.39, 0.29) is 0 Å². The minimum atomic E-state index is -4.34. The first-order valence-electron chi connectivity index (χ1n) is 7.07. The lowest BCUT2D eigenvalue weighted by Gasteiger charge is -2.10. The summed E-state index contributed by atoms with van der Waals surface area (Å²) in [6, 6.07) is 11.6. The topological polar surface area (TPSA) is 18.5 Å². The Labute approximate surface area is 127 Å². The second kappa shape index (κ2) is 7.20. The van der Waals surface area contributed by atoms with Crippen molar-refractivity contribution in [2.45, 2.75) is 25.9 Å². The zero-order chi connectivity index (χ0) is 16.0. The Morgan fingerprint density at radius 2 is 1.59 bits per heavy atom. The molecule has 2 aromatic rings. The first kappa shape index (κ1) is 16.2. The molecule has 118 valence electrons. The van der Waals surface area contributed by atoms with Crippen molar-refractivity contribution >= 4 is 0 Å². The van der Waals surface area contributed by atoms with Crippen LogP contribution in [0.4, 0.5) is 13.2 Å². The van der Waals surface area contributed by atoms with Crippen LogP contribution in [0.2, 0.25) is 0 Å². The van der Waals surface area contributed by atoms with Gasteiger partial charge in [-0.25, -0.2) is 0 Å². The summed E-state index contributed by atoms with van der Waals surface area (Å²) in [4.78, 5) is 0. The van der Waals surface area contributed by atoms with Gasteiger partial charge in [0.2, 0.25) is 0 Å².